The van der Waals surface area contributed by atoms with Crippen molar-refractivity contribution < 1.29 is 26.7 Å². The molecule has 0 unspecified atom stereocenters. The number of hydrogen-bond donors (Lipinski definition) is 0. The monoisotopic (exact) mass is 427 g/mol. The molecule has 0 bridgehead atoms. The van der Waals surface area contributed by atoms with Crippen LogP contribution >= 0.6 is 0 Å². The summed E-state index contributed by atoms with van der Waals surface area (Å²) in [6.45, 7) is 1.00. The Bertz CT molecular complexity index is 852. The van der Waals surface area contributed by atoms with E-state index in [4.69, 9.17) is 4.74 Å². The van der Waals surface area contributed by atoms with Crippen molar-refractivity contribution in [3.8, 4) is 5.75 Å². The van der Waals surface area contributed by atoms with Gasteiger partial charge in [-0.3, -0.25) is 4.90 Å². The van der Waals surface area contributed by atoms with E-state index in [1.807, 2.05) is 4.90 Å². The van der Waals surface area contributed by atoms with Gasteiger partial charge in [-0.05, 0) is 36.5 Å². The Kier molecular flexibility index (Phi) is 5.90. The van der Waals surface area contributed by atoms with Crippen LogP contribution in [0.4, 0.5) is 22.0 Å². The fraction of sp³-hybridized carbons (Fsp3) is 0.524. The molecule has 1 aliphatic carbocycles. The van der Waals surface area contributed by atoms with Crippen molar-refractivity contribution in [1.29, 1.82) is 0 Å². The molecule has 30 heavy (non-hydrogen) atoms. The second kappa shape index (κ2) is 8.45. The average Bonchev–Trinajstić information content (AvgIpc) is 2.68. The largest absolute Gasteiger partial charge is 0.482 e. The van der Waals surface area contributed by atoms with Gasteiger partial charge < -0.3 is 4.74 Å². The summed E-state index contributed by atoms with van der Waals surface area (Å²) in [4.78, 5) is 9.28. The number of halogens is 5. The normalized spacial score (nSPS) is 19.0. The molecule has 2 aromatic rings. The van der Waals surface area contributed by atoms with E-state index in [1.54, 1.807) is 0 Å². The predicted molar refractivity (Wildman–Crippen MR) is 98.9 cm³/mol. The summed E-state index contributed by atoms with van der Waals surface area (Å²) < 4.78 is 72.1. The predicted octanol–water partition coefficient (Wildman–Crippen LogP) is 5.08. The number of rotatable bonds is 5. The fourth-order valence-corrected chi connectivity index (χ4v) is 4.04. The van der Waals surface area contributed by atoms with Crippen molar-refractivity contribution in [2.24, 2.45) is 0 Å². The molecule has 2 heterocycles. The van der Waals surface area contributed by atoms with E-state index in [-0.39, 0.29) is 24.0 Å². The summed E-state index contributed by atoms with van der Waals surface area (Å²) in [5.41, 5.74) is -0.217. The second-order valence-electron chi connectivity index (χ2n) is 7.97. The smallest absolute Gasteiger partial charge is 0.419 e. The van der Waals surface area contributed by atoms with E-state index in [9.17, 15) is 22.0 Å². The fourth-order valence-electron chi connectivity index (χ4n) is 4.04. The number of likely N-dealkylation sites (tertiary alicyclic amines) is 1. The van der Waals surface area contributed by atoms with E-state index in [1.165, 1.54) is 18.6 Å². The molecule has 1 saturated carbocycles. The van der Waals surface area contributed by atoms with Crippen LogP contribution in [-0.4, -0.2) is 34.1 Å². The van der Waals surface area contributed by atoms with Crippen molar-refractivity contribution in [2.75, 3.05) is 13.1 Å². The van der Waals surface area contributed by atoms with Crippen LogP contribution in [-0.2, 0) is 12.7 Å². The van der Waals surface area contributed by atoms with Crippen LogP contribution in [0.3, 0.4) is 0 Å². The summed E-state index contributed by atoms with van der Waals surface area (Å²) in [5, 5.41) is 0. The van der Waals surface area contributed by atoms with Crippen molar-refractivity contribution in [1.82, 2.24) is 14.9 Å². The summed E-state index contributed by atoms with van der Waals surface area (Å²) in [5.74, 6) is -1.32. The van der Waals surface area contributed by atoms with Crippen molar-refractivity contribution in [3.63, 3.8) is 0 Å². The first-order chi connectivity index (χ1) is 14.3. The lowest BCUT2D eigenvalue weighted by Crippen LogP contribution is -2.53. The lowest BCUT2D eigenvalue weighted by atomic mass is 9.84. The number of nitrogens with zero attached hydrogens (tertiary/aromatic N) is 3. The van der Waals surface area contributed by atoms with Crippen LogP contribution in [0.25, 0.3) is 0 Å². The zero-order chi connectivity index (χ0) is 21.3. The molecular formula is C21H22F5N3O. The molecule has 4 rings (SSSR count). The molecule has 1 aliphatic heterocycles. The summed E-state index contributed by atoms with van der Waals surface area (Å²) >= 11 is 0. The van der Waals surface area contributed by atoms with E-state index in [0.29, 0.717) is 18.7 Å². The van der Waals surface area contributed by atoms with Crippen LogP contribution in [0.5, 0.6) is 5.75 Å². The zero-order valence-electron chi connectivity index (χ0n) is 16.3. The highest BCUT2D eigenvalue weighted by atomic mass is 19.4. The molecule has 1 saturated heterocycles. The molecule has 0 atom stereocenters. The number of hydrogen-bond acceptors (Lipinski definition) is 4. The number of ether oxygens (including phenoxy) is 1. The molecule has 1 aromatic heterocycles. The Morgan fingerprint density at radius 1 is 0.967 bits per heavy atom. The van der Waals surface area contributed by atoms with E-state index >= 15 is 0 Å². The number of aromatic nitrogens is 2. The van der Waals surface area contributed by atoms with Gasteiger partial charge in [-0.15, -0.1) is 0 Å². The van der Waals surface area contributed by atoms with Gasteiger partial charge in [0.1, 0.15) is 11.9 Å². The molecule has 2 aliphatic rings. The molecule has 4 nitrogen and oxygen atoms in total. The first kappa shape index (κ1) is 21.0. The molecule has 0 radical (unpaired) electrons. The highest BCUT2D eigenvalue weighted by Gasteiger charge is 2.33. The van der Waals surface area contributed by atoms with Gasteiger partial charge in [-0.25, -0.2) is 18.7 Å². The topological polar surface area (TPSA) is 38.2 Å². The van der Waals surface area contributed by atoms with Crippen molar-refractivity contribution in [2.45, 2.75) is 56.8 Å². The number of alkyl halides is 3. The third-order valence-electron chi connectivity index (χ3n) is 5.70. The van der Waals surface area contributed by atoms with Gasteiger partial charge in [0, 0.05) is 25.5 Å². The second-order valence-corrected chi connectivity index (χ2v) is 7.97. The van der Waals surface area contributed by atoms with Gasteiger partial charge in [0.25, 0.3) is 0 Å². The van der Waals surface area contributed by atoms with Gasteiger partial charge in [-0.2, -0.15) is 13.2 Å². The van der Waals surface area contributed by atoms with Crippen LogP contribution in [0, 0.1) is 11.6 Å². The van der Waals surface area contributed by atoms with Crippen molar-refractivity contribution in [3.05, 3.63) is 53.1 Å². The van der Waals surface area contributed by atoms with Crippen LogP contribution < -0.4 is 4.74 Å². The molecule has 0 spiro atoms. The first-order valence-corrected chi connectivity index (χ1v) is 10.1. The molecular weight excluding hydrogens is 405 g/mol. The van der Waals surface area contributed by atoms with E-state index < -0.39 is 29.5 Å². The van der Waals surface area contributed by atoms with Crippen LogP contribution in [0.15, 0.2) is 24.5 Å². The van der Waals surface area contributed by atoms with Gasteiger partial charge in [0.15, 0.2) is 17.4 Å². The standard InChI is InChI=1S/C21H22F5N3O/c22-17-6-14(13-4-2-1-3-5-13)7-18(23)20(17)30-16-10-29(11-16)12-19-27-8-15(9-28-19)21(24,25)26/h6-9,13,16H,1-5,10-12H2. The summed E-state index contributed by atoms with van der Waals surface area (Å²) in [6, 6.07) is 2.75. The summed E-state index contributed by atoms with van der Waals surface area (Å²) in [7, 11) is 0. The zero-order valence-corrected chi connectivity index (χ0v) is 16.3. The van der Waals surface area contributed by atoms with Crippen molar-refractivity contribution >= 4 is 0 Å². The van der Waals surface area contributed by atoms with Crippen LogP contribution in [0.1, 0.15) is 55.0 Å². The third kappa shape index (κ3) is 4.71. The van der Waals surface area contributed by atoms with E-state index in [2.05, 4.69) is 9.97 Å². The Hall–Kier alpha value is -2.29. The van der Waals surface area contributed by atoms with Gasteiger partial charge in [-0.1, -0.05) is 19.3 Å². The minimum Gasteiger partial charge on any atom is -0.482 e. The van der Waals surface area contributed by atoms with E-state index in [0.717, 1.165) is 38.1 Å². The third-order valence-corrected chi connectivity index (χ3v) is 5.70. The highest BCUT2D eigenvalue weighted by Crippen LogP contribution is 2.36. The molecule has 1 aromatic carbocycles. The molecule has 9 heteroatoms. The molecule has 162 valence electrons. The minimum atomic E-state index is -4.48. The summed E-state index contributed by atoms with van der Waals surface area (Å²) in [6.07, 6.45) is 1.82. The lowest BCUT2D eigenvalue weighted by Gasteiger charge is -2.38. The number of benzene rings is 1. The Morgan fingerprint density at radius 2 is 1.57 bits per heavy atom. The maximum atomic E-state index is 14.5. The maximum absolute atomic E-state index is 14.5. The van der Waals surface area contributed by atoms with Crippen LogP contribution in [0.2, 0.25) is 0 Å². The lowest BCUT2D eigenvalue weighted by molar-refractivity contribution is -0.138. The molecule has 0 N–H and O–H groups in total. The Labute approximate surface area is 171 Å². The SMILES string of the molecule is Fc1cc(C2CCCCC2)cc(F)c1OC1CN(Cc2ncc(C(F)(F)F)cn2)C1. The van der Waals surface area contributed by atoms with Gasteiger partial charge in [0.05, 0.1) is 12.1 Å². The highest BCUT2D eigenvalue weighted by molar-refractivity contribution is 5.33. The molecule has 0 amide bonds. The molecule has 2 fully saturated rings. The Balaban J connectivity index is 1.31. The maximum Gasteiger partial charge on any atom is 0.419 e. The van der Waals surface area contributed by atoms with Gasteiger partial charge >= 0.3 is 6.18 Å². The first-order valence-electron chi connectivity index (χ1n) is 10.1. The van der Waals surface area contributed by atoms with Gasteiger partial charge in [0.2, 0.25) is 0 Å². The average molecular weight is 427 g/mol. The minimum absolute atomic E-state index is 0.194. The Morgan fingerprint density at radius 3 is 2.13 bits per heavy atom. The quantitative estimate of drug-likeness (QED) is 0.624.